The molecule has 0 radical (unpaired) electrons. The van der Waals surface area contributed by atoms with Crippen LogP contribution in [0.25, 0.3) is 0 Å². The van der Waals surface area contributed by atoms with Gasteiger partial charge in [0.15, 0.2) is 0 Å². The molecule has 1 N–H and O–H groups in total. The lowest BCUT2D eigenvalue weighted by molar-refractivity contribution is -0.335. The van der Waals surface area contributed by atoms with Crippen molar-refractivity contribution in [3.63, 3.8) is 0 Å². The van der Waals surface area contributed by atoms with Gasteiger partial charge in [0.05, 0.1) is 9.82 Å². The second kappa shape index (κ2) is 4.21. The van der Waals surface area contributed by atoms with Gasteiger partial charge in [-0.2, -0.15) is 0 Å². The van der Waals surface area contributed by atoms with E-state index in [9.17, 15) is 14.3 Å². The average Bonchev–Trinajstić information content (AvgIpc) is 2.18. The van der Waals surface area contributed by atoms with E-state index in [0.29, 0.717) is 10.4 Å². The van der Waals surface area contributed by atoms with Crippen molar-refractivity contribution in [3.05, 3.63) is 40.4 Å². The van der Waals surface area contributed by atoms with Gasteiger partial charge in [-0.3, -0.25) is 10.1 Å². The maximum atomic E-state index is 12.0. The zero-order chi connectivity index (χ0) is 10.6. The summed E-state index contributed by atoms with van der Waals surface area (Å²) in [5.41, 5.74) is 0.586. The van der Waals surface area contributed by atoms with Crippen molar-refractivity contribution in [2.24, 2.45) is 0 Å². The highest BCUT2D eigenvalue weighted by Crippen LogP contribution is 2.07. The molecule has 0 bridgehead atoms. The third kappa shape index (κ3) is 2.30. The van der Waals surface area contributed by atoms with Crippen molar-refractivity contribution in [1.82, 2.24) is 4.72 Å². The van der Waals surface area contributed by atoms with Crippen molar-refractivity contribution >= 4 is 15.2 Å². The van der Waals surface area contributed by atoms with Crippen LogP contribution >= 0.6 is 0 Å². The third-order valence-electron chi connectivity index (χ3n) is 1.63. The number of nitrogens with one attached hydrogen (secondary N) is 1. The Morgan fingerprint density at radius 3 is 2.43 bits per heavy atom. The van der Waals surface area contributed by atoms with Gasteiger partial charge in [-0.05, 0) is 19.2 Å². The Bertz CT molecular complexity index is 435. The molecule has 0 amide bonds. The van der Waals surface area contributed by atoms with Crippen LogP contribution in [0.4, 0.5) is 0 Å². The molecule has 0 heterocycles. The summed E-state index contributed by atoms with van der Waals surface area (Å²) in [6.45, 7) is 0. The van der Waals surface area contributed by atoms with Crippen molar-refractivity contribution in [1.29, 1.82) is 0 Å². The quantitative estimate of drug-likeness (QED) is 0.452. The van der Waals surface area contributed by atoms with Crippen molar-refractivity contribution < 1.29 is 9.13 Å². The van der Waals surface area contributed by atoms with E-state index in [-0.39, 0.29) is 0 Å². The molecule has 5 nitrogen and oxygen atoms in total. The van der Waals surface area contributed by atoms with Crippen LogP contribution in [0, 0.1) is 10.1 Å². The molecule has 0 aliphatic carbocycles. The first-order chi connectivity index (χ1) is 6.58. The number of rotatable bonds is 3. The lowest BCUT2D eigenvalue weighted by Crippen LogP contribution is -2.23. The molecular weight excluding hydrogens is 204 g/mol. The predicted octanol–water partition coefficient (Wildman–Crippen LogP) is 0.501. The van der Waals surface area contributed by atoms with Gasteiger partial charge in [-0.15, -0.1) is 0 Å². The number of hydrogen-bond acceptors (Lipinski definition) is 3. The normalized spacial score (nSPS) is 14.4. The maximum Gasteiger partial charge on any atom is 0.304 e. The maximum absolute atomic E-state index is 12.0. The van der Waals surface area contributed by atoms with Gasteiger partial charge in [0.1, 0.15) is 9.71 Å². The fraction of sp³-hybridized carbons (Fsp3) is 0.125. The van der Waals surface area contributed by atoms with Gasteiger partial charge in [-0.1, -0.05) is 18.2 Å². The number of nitrogens with zero attached hydrogens (tertiary/aromatic N) is 1. The van der Waals surface area contributed by atoms with Gasteiger partial charge in [0.25, 0.3) is 0 Å². The largest absolute Gasteiger partial charge is 0.304 e. The van der Waals surface area contributed by atoms with Crippen LogP contribution in [-0.4, -0.2) is 21.7 Å². The molecule has 0 saturated heterocycles. The summed E-state index contributed by atoms with van der Waals surface area (Å²) in [5, 5.41) is 10.3. The van der Waals surface area contributed by atoms with Crippen LogP contribution in [0.5, 0.6) is 0 Å². The molecule has 1 atom stereocenters. The Morgan fingerprint density at radius 2 is 2.00 bits per heavy atom. The molecule has 1 rings (SSSR count). The number of benzene rings is 1. The minimum Gasteiger partial charge on any atom is -0.258 e. The van der Waals surface area contributed by atoms with Crippen molar-refractivity contribution in [2.75, 3.05) is 7.05 Å². The Labute approximate surface area is 82.0 Å². The summed E-state index contributed by atoms with van der Waals surface area (Å²) in [4.78, 5) is 9.98. The van der Waals surface area contributed by atoms with E-state index in [0.717, 1.165) is 0 Å². The Kier molecular flexibility index (Phi) is 3.21. The fourth-order valence-corrected chi connectivity index (χ4v) is 2.24. The molecule has 76 valence electrons. The highest BCUT2D eigenvalue weighted by Gasteiger charge is 2.11. The van der Waals surface area contributed by atoms with Gasteiger partial charge < -0.3 is 0 Å². The number of hydrogen-bond donors (Lipinski definition) is 1. The molecule has 0 aromatic heterocycles. The summed E-state index contributed by atoms with van der Waals surface area (Å²) in [5.74, 6) is 0. The molecule has 0 aliphatic rings. The summed E-state index contributed by atoms with van der Waals surface area (Å²) in [6, 6.07) is 8.28. The summed E-state index contributed by atoms with van der Waals surface area (Å²) in [7, 11) is -1.45. The molecule has 6 heteroatoms. The Morgan fingerprint density at radius 1 is 1.43 bits per heavy atom. The van der Waals surface area contributed by atoms with Crippen LogP contribution < -0.4 is 4.72 Å². The topological polar surface area (TPSA) is 72.2 Å². The summed E-state index contributed by atoms with van der Waals surface area (Å²) < 4.78 is 14.4. The second-order valence-electron chi connectivity index (χ2n) is 2.51. The highest BCUT2D eigenvalue weighted by molar-refractivity contribution is 7.99. The van der Waals surface area contributed by atoms with Crippen LogP contribution in [-0.2, 0) is 9.71 Å². The van der Waals surface area contributed by atoms with E-state index in [4.69, 9.17) is 0 Å². The minimum atomic E-state index is -2.88. The molecule has 1 aromatic carbocycles. The Balaban J connectivity index is 3.30. The van der Waals surface area contributed by atoms with Crippen LogP contribution in [0.3, 0.4) is 0 Å². The monoisotopic (exact) mass is 214 g/mol. The van der Waals surface area contributed by atoms with Gasteiger partial charge >= 0.3 is 5.49 Å². The summed E-state index contributed by atoms with van der Waals surface area (Å²) in [6.07, 6.45) is 0. The van der Waals surface area contributed by atoms with E-state index >= 15 is 0 Å². The molecule has 0 aliphatic heterocycles. The predicted molar refractivity (Wildman–Crippen MR) is 55.0 cm³/mol. The zero-order valence-corrected chi connectivity index (χ0v) is 8.36. The van der Waals surface area contributed by atoms with Crippen LogP contribution in [0.15, 0.2) is 35.2 Å². The first-order valence-corrected chi connectivity index (χ1v) is 5.47. The summed E-state index contributed by atoms with van der Waals surface area (Å²) >= 11 is 0. The first-order valence-electron chi connectivity index (χ1n) is 3.84. The molecule has 0 saturated carbocycles. The zero-order valence-electron chi connectivity index (χ0n) is 7.54. The van der Waals surface area contributed by atoms with Crippen LogP contribution in [0.1, 0.15) is 0 Å². The lowest BCUT2D eigenvalue weighted by Gasteiger charge is -2.05. The molecule has 0 fully saturated rings. The van der Waals surface area contributed by atoms with Gasteiger partial charge in [0.2, 0.25) is 0 Å². The third-order valence-corrected chi connectivity index (χ3v) is 3.68. The highest BCUT2D eigenvalue weighted by atomic mass is 32.2. The van der Waals surface area contributed by atoms with Gasteiger partial charge in [-0.25, -0.2) is 8.93 Å². The van der Waals surface area contributed by atoms with E-state index in [1.807, 2.05) is 0 Å². The first kappa shape index (κ1) is 10.7. The Hall–Kier alpha value is -1.40. The lowest BCUT2D eigenvalue weighted by atomic mass is 10.4. The second-order valence-corrected chi connectivity index (χ2v) is 4.80. The minimum absolute atomic E-state index is 0.402. The fourth-order valence-electron chi connectivity index (χ4n) is 0.975. The van der Waals surface area contributed by atoms with E-state index < -0.39 is 14.6 Å². The number of nitro groups is 1. The molecule has 14 heavy (non-hydrogen) atoms. The van der Waals surface area contributed by atoms with Gasteiger partial charge in [0, 0.05) is 0 Å². The molecular formula is C8H10N2O3S. The molecule has 1 unspecified atom stereocenters. The van der Waals surface area contributed by atoms with Crippen molar-refractivity contribution in [3.8, 4) is 0 Å². The van der Waals surface area contributed by atoms with Crippen LogP contribution in [0.2, 0.25) is 0 Å². The smallest absolute Gasteiger partial charge is 0.258 e. The average molecular weight is 214 g/mol. The SMILES string of the molecule is CNS(=O)(=C[N+](=O)[O-])c1ccccc1. The van der Waals surface area contributed by atoms with Crippen molar-refractivity contribution in [2.45, 2.75) is 4.90 Å². The molecule has 0 spiro atoms. The van der Waals surface area contributed by atoms with E-state index in [2.05, 4.69) is 4.72 Å². The van der Waals surface area contributed by atoms with E-state index in [1.54, 1.807) is 30.3 Å². The molecule has 1 aromatic rings. The van der Waals surface area contributed by atoms with E-state index in [1.165, 1.54) is 7.05 Å². The standard InChI is InChI=1S/C8H10N2O3S/c1-9-14(13,7-10(11)12)8-5-3-2-4-6-8/h2-7H,1H3,(H,9,13).